The fourth-order valence-electron chi connectivity index (χ4n) is 7.79. The van der Waals surface area contributed by atoms with Crippen LogP contribution in [0.25, 0.3) is 22.5 Å². The molecule has 67 heavy (non-hydrogen) atoms. The van der Waals surface area contributed by atoms with Gasteiger partial charge in [-0.25, -0.2) is 9.97 Å². The molecule has 1 aromatic heterocycles. The molecule has 1 aliphatic rings. The fraction of sp³-hybridized carbons (Fsp3) is 0.429. The molecule has 3 aromatic carbocycles. The summed E-state index contributed by atoms with van der Waals surface area (Å²) in [7, 11) is 1.42. The standard InChI is InChI=1S/C49H63N11O7/c1-8-36-41(28(2)55-43(57-36)31-10-13-33(14-11-31)49(4,5)6)46(63)58-37(17-18-50)48(65)60(7)42-32-12-16-40(67-24-21-53)35(27-32)34-25-30(9-15-39(34)66-23-20-52)26-38(45(62)54-22-19-51)59-44(61)29(3)56-47(42)64/h9-16,25,27,29,37-38,42H,8,17-18,20-24,26,50,52-53H2,1-7H3,(H,54,62)(H,56,64)(H,58,63)(H,59,61)/t29-,37-,38-,42-/m0/s1. The van der Waals surface area contributed by atoms with E-state index in [9.17, 15) is 29.2 Å². The maximum absolute atomic E-state index is 14.8. The molecule has 4 aromatic rings. The SMILES string of the molecule is CCc1nc(-c2ccc(C(C)(C)C)cc2)nc(C)c1C(=O)N[C@@H](CCN)C(=O)N(C)[C@@H]1C(=O)N[C@@H](C)C(=O)N[C@H](C(=O)NCC#N)Cc2ccc(OCCN)c(c2)-c2cc1ccc2OCCN. The quantitative estimate of drug-likeness (QED) is 0.0797. The number of likely N-dealkylation sites (N-methyl/N-ethyl adjacent to an activating group) is 1. The highest BCUT2D eigenvalue weighted by atomic mass is 16.5. The van der Waals surface area contributed by atoms with Gasteiger partial charge in [0.15, 0.2) is 5.82 Å². The Morgan fingerprint density at radius 3 is 2.15 bits per heavy atom. The molecule has 5 rings (SSSR count). The average molecular weight is 918 g/mol. The number of carbonyl (C=O) groups excluding carboxylic acids is 5. The predicted molar refractivity (Wildman–Crippen MR) is 254 cm³/mol. The molecule has 0 saturated carbocycles. The normalized spacial score (nSPS) is 16.6. The number of aryl methyl sites for hydroxylation is 2. The number of rotatable bonds is 16. The highest BCUT2D eigenvalue weighted by Gasteiger charge is 2.36. The molecule has 0 unspecified atom stereocenters. The van der Waals surface area contributed by atoms with Crippen molar-refractivity contribution in [2.75, 3.05) is 46.4 Å². The zero-order chi connectivity index (χ0) is 49.0. The summed E-state index contributed by atoms with van der Waals surface area (Å²) in [5, 5.41) is 20.0. The Hall–Kier alpha value is -6.94. The number of benzene rings is 3. The van der Waals surface area contributed by atoms with Crippen LogP contribution < -0.4 is 47.9 Å². The maximum atomic E-state index is 14.8. The summed E-state index contributed by atoms with van der Waals surface area (Å²) in [5.41, 5.74) is 22.6. The van der Waals surface area contributed by atoms with Crippen LogP contribution in [0.5, 0.6) is 11.5 Å². The highest BCUT2D eigenvalue weighted by Crippen LogP contribution is 2.40. The Morgan fingerprint density at radius 1 is 0.910 bits per heavy atom. The van der Waals surface area contributed by atoms with E-state index >= 15 is 0 Å². The first-order valence-corrected chi connectivity index (χ1v) is 22.4. The highest BCUT2D eigenvalue weighted by molar-refractivity contribution is 6.00. The zero-order valence-electron chi connectivity index (χ0n) is 39.3. The second kappa shape index (κ2) is 23.0. The zero-order valence-corrected chi connectivity index (χ0v) is 39.3. The van der Waals surface area contributed by atoms with Crippen molar-refractivity contribution in [3.63, 3.8) is 0 Å². The molecule has 2 heterocycles. The lowest BCUT2D eigenvalue weighted by Crippen LogP contribution is -2.56. The fourth-order valence-corrected chi connectivity index (χ4v) is 7.79. The smallest absolute Gasteiger partial charge is 0.255 e. The van der Waals surface area contributed by atoms with E-state index in [1.54, 1.807) is 43.3 Å². The van der Waals surface area contributed by atoms with Crippen LogP contribution in [0.3, 0.4) is 0 Å². The van der Waals surface area contributed by atoms with Crippen molar-refractivity contribution in [2.45, 2.75) is 90.4 Å². The Balaban J connectivity index is 1.58. The van der Waals surface area contributed by atoms with Crippen molar-refractivity contribution >= 4 is 29.5 Å². The third kappa shape index (κ3) is 12.5. The lowest BCUT2D eigenvalue weighted by Gasteiger charge is -2.32. The largest absolute Gasteiger partial charge is 0.492 e. The molecule has 356 valence electrons. The van der Waals surface area contributed by atoms with Crippen LogP contribution in [0.2, 0.25) is 0 Å². The summed E-state index contributed by atoms with van der Waals surface area (Å²) in [6.45, 7) is 11.8. The monoisotopic (exact) mass is 917 g/mol. The van der Waals surface area contributed by atoms with Gasteiger partial charge >= 0.3 is 0 Å². The molecule has 0 aliphatic carbocycles. The van der Waals surface area contributed by atoms with Gasteiger partial charge in [-0.1, -0.05) is 64.1 Å². The second-order valence-corrected chi connectivity index (χ2v) is 17.3. The third-order valence-corrected chi connectivity index (χ3v) is 11.3. The average Bonchev–Trinajstić information content (AvgIpc) is 3.30. The molecule has 5 amide bonds. The molecule has 0 fully saturated rings. The number of fused-ring (bicyclic) bond motifs is 5. The van der Waals surface area contributed by atoms with Crippen LogP contribution >= 0.6 is 0 Å². The molecule has 18 nitrogen and oxygen atoms in total. The summed E-state index contributed by atoms with van der Waals surface area (Å²) >= 11 is 0. The van der Waals surface area contributed by atoms with Crippen LogP contribution in [0, 0.1) is 18.3 Å². The maximum Gasteiger partial charge on any atom is 0.255 e. The van der Waals surface area contributed by atoms with E-state index in [1.165, 1.54) is 18.9 Å². The van der Waals surface area contributed by atoms with Crippen LogP contribution in [0.4, 0.5) is 0 Å². The van der Waals surface area contributed by atoms with Crippen LogP contribution in [-0.2, 0) is 37.4 Å². The molecule has 0 radical (unpaired) electrons. The minimum absolute atomic E-state index is 0.000562. The summed E-state index contributed by atoms with van der Waals surface area (Å²) in [5.74, 6) is -2.08. The van der Waals surface area contributed by atoms with Crippen molar-refractivity contribution in [3.05, 3.63) is 94.3 Å². The number of hydrogen-bond acceptors (Lipinski definition) is 13. The van der Waals surface area contributed by atoms with Gasteiger partial charge in [0.05, 0.1) is 23.0 Å². The summed E-state index contributed by atoms with van der Waals surface area (Å²) < 4.78 is 12.2. The summed E-state index contributed by atoms with van der Waals surface area (Å²) in [6, 6.07) is 15.0. The minimum Gasteiger partial charge on any atom is -0.492 e. The molecule has 0 spiro atoms. The Kier molecular flexibility index (Phi) is 17.5. The number of amides is 5. The molecule has 4 bridgehead atoms. The molecule has 18 heteroatoms. The van der Waals surface area contributed by atoms with Crippen molar-refractivity contribution in [3.8, 4) is 40.1 Å². The molecular formula is C49H63N11O7. The second-order valence-electron chi connectivity index (χ2n) is 17.3. The van der Waals surface area contributed by atoms with Crippen molar-refractivity contribution < 1.29 is 33.4 Å². The van der Waals surface area contributed by atoms with E-state index in [1.807, 2.05) is 37.3 Å². The molecule has 0 saturated heterocycles. The first-order chi connectivity index (χ1) is 31.9. The Labute approximate surface area is 391 Å². The summed E-state index contributed by atoms with van der Waals surface area (Å²) in [4.78, 5) is 81.5. The number of nitrogens with one attached hydrogen (secondary N) is 4. The number of hydrogen-bond donors (Lipinski definition) is 7. The Morgan fingerprint density at radius 2 is 1.55 bits per heavy atom. The lowest BCUT2D eigenvalue weighted by molar-refractivity contribution is -0.141. The predicted octanol–water partition coefficient (Wildman–Crippen LogP) is 2.49. The van der Waals surface area contributed by atoms with Gasteiger partial charge in [0.2, 0.25) is 23.6 Å². The van der Waals surface area contributed by atoms with Gasteiger partial charge in [0, 0.05) is 43.2 Å². The number of aromatic nitrogens is 2. The molecular weight excluding hydrogens is 855 g/mol. The first kappa shape index (κ1) is 51.1. The van der Waals surface area contributed by atoms with Crippen LogP contribution in [0.15, 0.2) is 60.7 Å². The number of nitriles is 1. The van der Waals surface area contributed by atoms with Gasteiger partial charge in [-0.3, -0.25) is 24.0 Å². The number of nitrogens with zero attached hydrogens (tertiary/aromatic N) is 4. The van der Waals surface area contributed by atoms with Gasteiger partial charge in [0.1, 0.15) is 55.4 Å². The summed E-state index contributed by atoms with van der Waals surface area (Å²) in [6.07, 6.45) is 0.396. The van der Waals surface area contributed by atoms with E-state index in [-0.39, 0.29) is 63.2 Å². The van der Waals surface area contributed by atoms with Crippen molar-refractivity contribution in [1.29, 1.82) is 5.26 Å². The van der Waals surface area contributed by atoms with Gasteiger partial charge in [-0.05, 0) is 79.6 Å². The van der Waals surface area contributed by atoms with Crippen LogP contribution in [-0.4, -0.2) is 109 Å². The van der Waals surface area contributed by atoms with Gasteiger partial charge < -0.3 is 52.8 Å². The van der Waals surface area contributed by atoms with Crippen LogP contribution in [0.1, 0.15) is 85.5 Å². The third-order valence-electron chi connectivity index (χ3n) is 11.3. The number of nitrogens with two attached hydrogens (primary N) is 3. The van der Waals surface area contributed by atoms with Gasteiger partial charge in [-0.15, -0.1) is 0 Å². The minimum atomic E-state index is -1.41. The van der Waals surface area contributed by atoms with E-state index < -0.39 is 53.7 Å². The molecule has 10 N–H and O–H groups in total. The number of ether oxygens (including phenoxy) is 2. The Bertz CT molecular complexity index is 2480. The van der Waals surface area contributed by atoms with Crippen molar-refractivity contribution in [1.82, 2.24) is 36.1 Å². The van der Waals surface area contributed by atoms with E-state index in [4.69, 9.17) is 36.6 Å². The van der Waals surface area contributed by atoms with Gasteiger partial charge in [-0.2, -0.15) is 5.26 Å². The number of carbonyl (C=O) groups is 5. The molecule has 4 atom stereocenters. The van der Waals surface area contributed by atoms with E-state index in [0.29, 0.717) is 57.4 Å². The first-order valence-electron chi connectivity index (χ1n) is 22.4. The topological polar surface area (TPSA) is 283 Å². The van der Waals surface area contributed by atoms with Crippen molar-refractivity contribution in [2.24, 2.45) is 17.2 Å². The van der Waals surface area contributed by atoms with E-state index in [0.717, 1.165) is 11.1 Å². The van der Waals surface area contributed by atoms with Gasteiger partial charge in [0.25, 0.3) is 5.91 Å². The lowest BCUT2D eigenvalue weighted by atomic mass is 9.86. The molecule has 1 aliphatic heterocycles. The van der Waals surface area contributed by atoms with E-state index in [2.05, 4.69) is 42.0 Å².